The van der Waals surface area contributed by atoms with Crippen LogP contribution < -0.4 is 0 Å². The van der Waals surface area contributed by atoms with Gasteiger partial charge < -0.3 is 15.1 Å². The summed E-state index contributed by atoms with van der Waals surface area (Å²) in [6.45, 7) is -0.800. The minimum absolute atomic E-state index is 0.111. The number of benzene rings is 1. The highest BCUT2D eigenvalue weighted by Gasteiger charge is 2.40. The molecule has 0 unspecified atom stereocenters. The summed E-state index contributed by atoms with van der Waals surface area (Å²) in [5, 5.41) is 19.0. The van der Waals surface area contributed by atoms with Gasteiger partial charge in [0, 0.05) is 16.6 Å². The molecule has 1 aromatic rings. The van der Waals surface area contributed by atoms with Gasteiger partial charge in [-0.05, 0) is 30.7 Å². The quantitative estimate of drug-likeness (QED) is 0.785. The minimum Gasteiger partial charge on any atom is -0.480 e. The number of aliphatic hydroxyl groups excluding tert-OH is 1. The summed E-state index contributed by atoms with van der Waals surface area (Å²) < 4.78 is 23.3. The highest BCUT2D eigenvalue weighted by Crippen LogP contribution is 2.23. The maximum Gasteiger partial charge on any atom is 0.328 e. The van der Waals surface area contributed by atoms with Crippen LogP contribution in [0.25, 0.3) is 0 Å². The molecule has 0 spiro atoms. The van der Waals surface area contributed by atoms with Crippen molar-refractivity contribution in [2.24, 2.45) is 0 Å². The number of amides is 1. The van der Waals surface area contributed by atoms with Crippen LogP contribution in [-0.4, -0.2) is 65.6 Å². The zero-order valence-electron chi connectivity index (χ0n) is 12.1. The minimum atomic E-state index is -3.32. The molecule has 2 rings (SSSR count). The van der Waals surface area contributed by atoms with Crippen molar-refractivity contribution in [3.05, 3.63) is 34.9 Å². The van der Waals surface area contributed by atoms with E-state index in [4.69, 9.17) is 11.6 Å². The van der Waals surface area contributed by atoms with Gasteiger partial charge in [0.05, 0.1) is 18.1 Å². The Hall–Kier alpha value is -1.64. The number of carbonyl (C=O) groups is 2. The number of aliphatic hydroxyl groups is 1. The van der Waals surface area contributed by atoms with Crippen molar-refractivity contribution in [2.45, 2.75) is 18.5 Å². The Morgan fingerprint density at radius 3 is 2.35 bits per heavy atom. The topological polar surface area (TPSA) is 112 Å². The van der Waals surface area contributed by atoms with Crippen LogP contribution in [0.15, 0.2) is 24.3 Å². The van der Waals surface area contributed by atoms with Crippen molar-refractivity contribution < 1.29 is 28.2 Å². The molecule has 1 aromatic carbocycles. The molecule has 9 heteroatoms. The monoisotopic (exact) mass is 361 g/mol. The first-order chi connectivity index (χ1) is 10.7. The molecule has 1 amide bonds. The lowest BCUT2D eigenvalue weighted by Crippen LogP contribution is -2.53. The van der Waals surface area contributed by atoms with Crippen molar-refractivity contribution in [3.8, 4) is 0 Å². The first-order valence-electron chi connectivity index (χ1n) is 6.87. The zero-order valence-corrected chi connectivity index (χ0v) is 13.6. The lowest BCUT2D eigenvalue weighted by molar-refractivity contribution is -0.144. The second-order valence-electron chi connectivity index (χ2n) is 5.31. The van der Waals surface area contributed by atoms with Crippen molar-refractivity contribution in [3.63, 3.8) is 0 Å². The van der Waals surface area contributed by atoms with E-state index in [1.165, 1.54) is 24.3 Å². The molecule has 1 saturated heterocycles. The summed E-state index contributed by atoms with van der Waals surface area (Å²) in [6, 6.07) is 3.53. The first-order valence-corrected chi connectivity index (χ1v) is 9.07. The summed E-state index contributed by atoms with van der Waals surface area (Å²) in [6.07, 6.45) is 0.144. The summed E-state index contributed by atoms with van der Waals surface area (Å²) in [5.41, 5.74) is 0.179. The number of rotatable bonds is 5. The fourth-order valence-electron chi connectivity index (χ4n) is 2.58. The molecule has 1 aliphatic heterocycles. The molecule has 2 N–H and O–H groups in total. The van der Waals surface area contributed by atoms with Gasteiger partial charge in [-0.25, -0.2) is 13.2 Å². The lowest BCUT2D eigenvalue weighted by Gasteiger charge is -2.32. The molecule has 0 radical (unpaired) electrons. The third kappa shape index (κ3) is 4.01. The van der Waals surface area contributed by atoms with Gasteiger partial charge in [-0.3, -0.25) is 4.79 Å². The van der Waals surface area contributed by atoms with E-state index in [1.807, 2.05) is 0 Å². The zero-order chi connectivity index (χ0) is 17.2. The maximum atomic E-state index is 12.7. The average molecular weight is 362 g/mol. The van der Waals surface area contributed by atoms with Crippen LogP contribution in [-0.2, 0) is 14.6 Å². The highest BCUT2D eigenvalue weighted by atomic mass is 35.5. The Kier molecular flexibility index (Phi) is 5.28. The van der Waals surface area contributed by atoms with Crippen LogP contribution in [0.5, 0.6) is 0 Å². The molecule has 1 aliphatic rings. The molecular formula is C14H16ClNO6S. The van der Waals surface area contributed by atoms with Crippen molar-refractivity contribution in [2.75, 3.05) is 18.1 Å². The smallest absolute Gasteiger partial charge is 0.328 e. The number of aliphatic carboxylic acids is 1. The number of halogens is 1. The van der Waals surface area contributed by atoms with E-state index in [1.54, 1.807) is 0 Å². The lowest BCUT2D eigenvalue weighted by atomic mass is 10.1. The largest absolute Gasteiger partial charge is 0.480 e. The van der Waals surface area contributed by atoms with E-state index in [0.29, 0.717) is 5.02 Å². The van der Waals surface area contributed by atoms with Crippen LogP contribution in [0.1, 0.15) is 16.8 Å². The Morgan fingerprint density at radius 2 is 1.91 bits per heavy atom. The summed E-state index contributed by atoms with van der Waals surface area (Å²) >= 11 is 5.76. The number of nitrogens with zero attached hydrogens (tertiary/aromatic N) is 1. The molecule has 0 aliphatic carbocycles. The fraction of sp³-hybridized carbons (Fsp3) is 0.429. The Bertz CT molecular complexity index is 702. The molecule has 0 bridgehead atoms. The van der Waals surface area contributed by atoms with Crippen molar-refractivity contribution in [1.29, 1.82) is 0 Å². The highest BCUT2D eigenvalue weighted by molar-refractivity contribution is 7.91. The van der Waals surface area contributed by atoms with Crippen molar-refractivity contribution >= 4 is 33.3 Å². The second kappa shape index (κ2) is 6.86. The van der Waals surface area contributed by atoms with E-state index in [9.17, 15) is 28.2 Å². The number of hydrogen-bond donors (Lipinski definition) is 2. The predicted molar refractivity (Wildman–Crippen MR) is 83.2 cm³/mol. The number of carboxylic acid groups (broad SMARTS) is 1. The fourth-order valence-corrected chi connectivity index (χ4v) is 4.42. The molecule has 23 heavy (non-hydrogen) atoms. The predicted octanol–water partition coefficient (Wildman–Crippen LogP) is 0.415. The van der Waals surface area contributed by atoms with Gasteiger partial charge in [-0.15, -0.1) is 0 Å². The third-order valence-electron chi connectivity index (χ3n) is 3.72. The SMILES string of the molecule is O=C(O)[C@H](CO)N(C(=O)c1ccc(Cl)cc1)[C@H]1CCS(=O)(=O)C1. The normalized spacial score (nSPS) is 20.9. The molecular weight excluding hydrogens is 346 g/mol. The van der Waals surface area contributed by atoms with Crippen molar-refractivity contribution in [1.82, 2.24) is 4.90 Å². The van der Waals surface area contributed by atoms with E-state index >= 15 is 0 Å². The molecule has 1 fully saturated rings. The summed E-state index contributed by atoms with van der Waals surface area (Å²) in [5.74, 6) is -2.46. The van der Waals surface area contributed by atoms with E-state index in [0.717, 1.165) is 4.90 Å². The van der Waals surface area contributed by atoms with E-state index < -0.39 is 40.4 Å². The average Bonchev–Trinajstić information content (AvgIpc) is 2.84. The standard InChI is InChI=1S/C14H16ClNO6S/c15-10-3-1-9(2-4-10)13(18)16(12(7-17)14(19)20)11-5-6-23(21,22)8-11/h1-4,11-12,17H,5-8H2,(H,19,20)/t11-,12-/m0/s1. The van der Waals surface area contributed by atoms with Crippen LogP contribution in [0.4, 0.5) is 0 Å². The molecule has 7 nitrogen and oxygen atoms in total. The van der Waals surface area contributed by atoms with Gasteiger partial charge in [0.2, 0.25) is 0 Å². The Morgan fingerprint density at radius 1 is 1.30 bits per heavy atom. The van der Waals surface area contributed by atoms with Gasteiger partial charge >= 0.3 is 5.97 Å². The molecule has 126 valence electrons. The molecule has 0 saturated carbocycles. The number of carbonyl (C=O) groups excluding carboxylic acids is 1. The summed E-state index contributed by atoms with van der Waals surface area (Å²) in [4.78, 5) is 25.0. The maximum absolute atomic E-state index is 12.7. The second-order valence-corrected chi connectivity index (χ2v) is 7.98. The van der Waals surface area contributed by atoms with Crippen LogP contribution in [0.3, 0.4) is 0 Å². The van der Waals surface area contributed by atoms with Gasteiger partial charge in [-0.1, -0.05) is 11.6 Å². The Balaban J connectivity index is 2.38. The van der Waals surface area contributed by atoms with Crippen LogP contribution in [0, 0.1) is 0 Å². The van der Waals surface area contributed by atoms with Gasteiger partial charge in [0.25, 0.3) is 5.91 Å². The molecule has 1 heterocycles. The molecule has 2 atom stereocenters. The van der Waals surface area contributed by atoms with Gasteiger partial charge in [0.15, 0.2) is 15.9 Å². The number of hydrogen-bond acceptors (Lipinski definition) is 5. The summed E-state index contributed by atoms with van der Waals surface area (Å²) in [7, 11) is -3.32. The van der Waals surface area contributed by atoms with E-state index in [2.05, 4.69) is 0 Å². The molecule has 0 aromatic heterocycles. The van der Waals surface area contributed by atoms with Gasteiger partial charge in [0.1, 0.15) is 0 Å². The van der Waals surface area contributed by atoms with E-state index in [-0.39, 0.29) is 23.5 Å². The van der Waals surface area contributed by atoms with Crippen LogP contribution >= 0.6 is 11.6 Å². The Labute approximate surface area is 138 Å². The first kappa shape index (κ1) is 17.7. The van der Waals surface area contributed by atoms with Crippen LogP contribution in [0.2, 0.25) is 5.02 Å². The number of carboxylic acids is 1. The third-order valence-corrected chi connectivity index (χ3v) is 5.72. The van der Waals surface area contributed by atoms with Gasteiger partial charge in [-0.2, -0.15) is 0 Å². The number of sulfone groups is 1.